The summed E-state index contributed by atoms with van der Waals surface area (Å²) in [7, 11) is -2.75. The van der Waals surface area contributed by atoms with Crippen LogP contribution in [0.1, 0.15) is 58.0 Å². The van der Waals surface area contributed by atoms with E-state index in [2.05, 4.69) is 10.1 Å². The van der Waals surface area contributed by atoms with Crippen molar-refractivity contribution < 1.29 is 30.8 Å². The molecule has 0 radical (unpaired) electrons. The number of halogens is 4. The maximum atomic E-state index is 14.3. The number of ketones is 1. The van der Waals surface area contributed by atoms with Gasteiger partial charge < -0.3 is 10.7 Å². The zero-order valence-electron chi connectivity index (χ0n) is 23.5. The lowest BCUT2D eigenvalue weighted by atomic mass is 9.61. The van der Waals surface area contributed by atoms with Gasteiger partial charge in [0, 0.05) is 19.1 Å². The number of benzene rings is 1. The van der Waals surface area contributed by atoms with Gasteiger partial charge in [0.05, 0.1) is 35.4 Å². The minimum atomic E-state index is -4.67. The summed E-state index contributed by atoms with van der Waals surface area (Å²) in [5.74, 6) is 4.61. The lowest BCUT2D eigenvalue weighted by Crippen LogP contribution is -2.52. The second kappa shape index (κ2) is 10.8. The first-order valence-electron chi connectivity index (χ1n) is 13.8. The van der Waals surface area contributed by atoms with E-state index < -0.39 is 49.2 Å². The van der Waals surface area contributed by atoms with Gasteiger partial charge in [-0.15, -0.1) is 11.3 Å². The number of carbonyl (C=O) groups is 1. The fourth-order valence-electron chi connectivity index (χ4n) is 6.21. The normalized spacial score (nSPS) is 22.4. The highest BCUT2D eigenvalue weighted by atomic mass is 32.2. The number of fused-ring (bicyclic) bond motifs is 2. The summed E-state index contributed by atoms with van der Waals surface area (Å²) in [5, 5.41) is 4.75. The second-order valence-corrected chi connectivity index (χ2v) is 14.3. The molecule has 2 atom stereocenters. The molecule has 1 aromatic carbocycles. The average Bonchev–Trinajstić information content (AvgIpc) is 3.48. The van der Waals surface area contributed by atoms with E-state index in [-0.39, 0.29) is 35.2 Å². The summed E-state index contributed by atoms with van der Waals surface area (Å²) in [4.78, 5) is 17.2. The summed E-state index contributed by atoms with van der Waals surface area (Å²) >= 11 is 0.273. The third kappa shape index (κ3) is 5.33. The predicted octanol–water partition coefficient (Wildman–Crippen LogP) is 4.21. The van der Waals surface area contributed by atoms with Crippen molar-refractivity contribution in [2.24, 2.45) is 17.0 Å². The number of carbonyl (C=O) groups excluding carboxylic acids is 1. The van der Waals surface area contributed by atoms with Gasteiger partial charge in [0.25, 0.3) is 10.0 Å². The number of rotatable bonds is 8. The Morgan fingerprint density at radius 1 is 1.16 bits per heavy atom. The fraction of sp³-hybridized carbons (Fsp3) is 0.393. The van der Waals surface area contributed by atoms with Crippen molar-refractivity contribution in [3.63, 3.8) is 0 Å². The number of nitrogens with zero attached hydrogens (tertiary/aromatic N) is 5. The number of allylic oxidation sites excluding steroid dienone is 1. The molecule has 0 amide bonds. The molecular weight excluding hydrogens is 622 g/mol. The van der Waals surface area contributed by atoms with E-state index in [9.17, 15) is 30.8 Å². The van der Waals surface area contributed by atoms with E-state index in [1.807, 2.05) is 0 Å². The molecule has 44 heavy (non-hydrogen) atoms. The summed E-state index contributed by atoms with van der Waals surface area (Å²) in [5.41, 5.74) is 7.16. The monoisotopic (exact) mass is 651 g/mol. The molecule has 0 aliphatic heterocycles. The van der Waals surface area contributed by atoms with Crippen LogP contribution in [0.2, 0.25) is 0 Å². The van der Waals surface area contributed by atoms with Gasteiger partial charge in [0.2, 0.25) is 5.78 Å². The molecule has 0 bridgehead atoms. The molecular formula is C28H29F4N7O3S2. The van der Waals surface area contributed by atoms with Crippen molar-refractivity contribution >= 4 is 33.2 Å². The standard InChI is InChI=1S/C28H29F4N7O3S2/c1-37(34)15-24(33)44(41,42)39(20-8-9-20)21-5-2-17-10-22-16(13-36-38(22)19-6-3-18(29)4-7-19)11-27(17,12-21)25(40)26-35-14-23(43-26)28(30,31)32/h3-4,6-7,10,13-15,20-21H,2,5,8-9,11-12,33-34H2,1H3/b24-15+/t21-,27-/m0/s1. The van der Waals surface area contributed by atoms with Gasteiger partial charge in [-0.3, -0.25) is 4.79 Å². The summed E-state index contributed by atoms with van der Waals surface area (Å²) < 4.78 is 84.5. The number of hydrazine groups is 1. The molecule has 10 nitrogen and oxygen atoms in total. The minimum absolute atomic E-state index is 0.0151. The van der Waals surface area contributed by atoms with Gasteiger partial charge >= 0.3 is 6.18 Å². The van der Waals surface area contributed by atoms with Gasteiger partial charge in [0.1, 0.15) is 10.7 Å². The Morgan fingerprint density at radius 2 is 1.86 bits per heavy atom. The highest BCUT2D eigenvalue weighted by Crippen LogP contribution is 2.53. The molecule has 2 aromatic heterocycles. The van der Waals surface area contributed by atoms with E-state index in [1.165, 1.54) is 23.5 Å². The Kier molecular flexibility index (Phi) is 7.46. The first kappa shape index (κ1) is 30.4. The molecule has 4 N–H and O–H groups in total. The van der Waals surface area contributed by atoms with Crippen LogP contribution in [0.5, 0.6) is 0 Å². The Bertz CT molecular complexity index is 1780. The molecule has 2 fully saturated rings. The number of thiazole rings is 1. The van der Waals surface area contributed by atoms with Crippen LogP contribution in [0.3, 0.4) is 0 Å². The van der Waals surface area contributed by atoms with Crippen LogP contribution < -0.4 is 11.6 Å². The molecule has 6 rings (SSSR count). The van der Waals surface area contributed by atoms with Crippen LogP contribution >= 0.6 is 11.3 Å². The number of Topliss-reactive ketones (excluding diaryl/α,β-unsaturated/α-hetero) is 1. The summed E-state index contributed by atoms with van der Waals surface area (Å²) in [6.45, 7) is 0. The van der Waals surface area contributed by atoms with E-state index in [1.54, 1.807) is 29.1 Å². The van der Waals surface area contributed by atoms with E-state index >= 15 is 0 Å². The molecule has 3 aromatic rings. The number of sulfonamides is 1. The lowest BCUT2D eigenvalue weighted by Gasteiger charge is -2.46. The van der Waals surface area contributed by atoms with Crippen molar-refractivity contribution in [2.75, 3.05) is 7.05 Å². The van der Waals surface area contributed by atoms with Crippen molar-refractivity contribution in [1.82, 2.24) is 24.1 Å². The van der Waals surface area contributed by atoms with E-state index in [4.69, 9.17) is 11.6 Å². The number of aromatic nitrogens is 3. The molecule has 2 saturated carbocycles. The Morgan fingerprint density at radius 3 is 2.48 bits per heavy atom. The van der Waals surface area contributed by atoms with Crippen LogP contribution in [-0.2, 0) is 22.6 Å². The molecule has 3 aliphatic carbocycles. The Labute approximate surface area is 254 Å². The Hall–Kier alpha value is -3.60. The lowest BCUT2D eigenvalue weighted by molar-refractivity contribution is -0.134. The Balaban J connectivity index is 1.44. The zero-order chi connectivity index (χ0) is 31.6. The van der Waals surface area contributed by atoms with Crippen LogP contribution in [0.15, 0.2) is 53.5 Å². The van der Waals surface area contributed by atoms with Crippen molar-refractivity contribution in [1.29, 1.82) is 0 Å². The summed E-state index contributed by atoms with van der Waals surface area (Å²) in [6, 6.07) is 4.74. The minimum Gasteiger partial charge on any atom is -0.387 e. The maximum absolute atomic E-state index is 14.3. The second-order valence-electron chi connectivity index (χ2n) is 11.4. The van der Waals surface area contributed by atoms with Crippen LogP contribution in [0.4, 0.5) is 17.6 Å². The first-order valence-corrected chi connectivity index (χ1v) is 16.1. The van der Waals surface area contributed by atoms with Crippen molar-refractivity contribution in [3.05, 3.63) is 80.4 Å². The largest absolute Gasteiger partial charge is 0.427 e. The SMILES string of the molecule is CN(N)/C=C(\N)S(=O)(=O)N(C1CC1)[C@H]1CCC2=Cc3c(cnn3-c3ccc(F)cc3)C[C@]2(C(=O)c2ncc(C(F)(F)F)s2)C1. The zero-order valence-corrected chi connectivity index (χ0v) is 25.1. The first-order chi connectivity index (χ1) is 20.7. The van der Waals surface area contributed by atoms with Gasteiger partial charge in [-0.25, -0.2) is 28.3 Å². The predicted molar refractivity (Wildman–Crippen MR) is 155 cm³/mol. The third-order valence-corrected chi connectivity index (χ3v) is 11.2. The number of hydrogen-bond donors (Lipinski definition) is 2. The molecule has 3 aliphatic rings. The van der Waals surface area contributed by atoms with Gasteiger partial charge in [-0.1, -0.05) is 5.57 Å². The number of hydrogen-bond acceptors (Lipinski definition) is 9. The highest BCUT2D eigenvalue weighted by Gasteiger charge is 2.54. The highest BCUT2D eigenvalue weighted by molar-refractivity contribution is 7.93. The topological polar surface area (TPSA) is 140 Å². The maximum Gasteiger partial charge on any atom is 0.427 e. The fourth-order valence-corrected chi connectivity index (χ4v) is 8.75. The van der Waals surface area contributed by atoms with Gasteiger partial charge in [-0.05, 0) is 74.4 Å². The number of alkyl halides is 3. The van der Waals surface area contributed by atoms with Gasteiger partial charge in [-0.2, -0.15) is 22.6 Å². The molecule has 0 saturated heterocycles. The van der Waals surface area contributed by atoms with E-state index in [0.717, 1.165) is 11.2 Å². The molecule has 2 heterocycles. The van der Waals surface area contributed by atoms with Crippen molar-refractivity contribution in [2.45, 2.75) is 56.8 Å². The average molecular weight is 652 g/mol. The number of nitrogens with two attached hydrogens (primary N) is 2. The smallest absolute Gasteiger partial charge is 0.387 e. The molecule has 16 heteroatoms. The van der Waals surface area contributed by atoms with Crippen LogP contribution in [-0.4, -0.2) is 57.4 Å². The summed E-state index contributed by atoms with van der Waals surface area (Å²) in [6.07, 6.45) is 2.41. The van der Waals surface area contributed by atoms with Gasteiger partial charge in [0.15, 0.2) is 10.0 Å². The van der Waals surface area contributed by atoms with E-state index in [0.29, 0.717) is 54.4 Å². The van der Waals surface area contributed by atoms with Crippen LogP contribution in [0.25, 0.3) is 11.8 Å². The van der Waals surface area contributed by atoms with Crippen molar-refractivity contribution in [3.8, 4) is 5.69 Å². The molecule has 234 valence electrons. The third-order valence-electron chi connectivity index (χ3n) is 8.29. The van der Waals surface area contributed by atoms with Crippen LogP contribution in [0, 0.1) is 11.2 Å². The molecule has 0 unspecified atom stereocenters. The quantitative estimate of drug-likeness (QED) is 0.160. The molecule has 0 spiro atoms.